The van der Waals surface area contributed by atoms with Crippen molar-refractivity contribution in [2.45, 2.75) is 19.8 Å². The summed E-state index contributed by atoms with van der Waals surface area (Å²) in [4.78, 5) is 0. The van der Waals surface area contributed by atoms with Crippen LogP contribution >= 0.6 is 0 Å². The zero-order valence-electron chi connectivity index (χ0n) is 8.40. The Labute approximate surface area is 85.0 Å². The molecule has 74 valence electrons. The van der Waals surface area contributed by atoms with Crippen molar-refractivity contribution in [2.75, 3.05) is 0 Å². The zero-order valence-corrected chi connectivity index (χ0v) is 8.40. The minimum absolute atomic E-state index is 0.546. The normalized spacial score (nSPS) is 9.93. The van der Waals surface area contributed by atoms with Crippen LogP contribution in [0.15, 0.2) is 36.4 Å². The first-order valence-electron chi connectivity index (χ1n) is 4.69. The molecule has 0 aromatic heterocycles. The van der Waals surface area contributed by atoms with E-state index in [9.17, 15) is 0 Å². The number of benzene rings is 1. The van der Waals surface area contributed by atoms with Crippen molar-refractivity contribution in [3.63, 3.8) is 0 Å². The molecule has 0 amide bonds. The Bertz CT molecular complexity index is 321. The Kier molecular flexibility index (Phi) is 3.92. The third kappa shape index (κ3) is 3.36. The summed E-state index contributed by atoms with van der Waals surface area (Å²) in [6, 6.07) is 7.33. The Hall–Kier alpha value is -1.06. The average molecular weight is 190 g/mol. The van der Waals surface area contributed by atoms with E-state index in [2.05, 4.69) is 6.58 Å². The summed E-state index contributed by atoms with van der Waals surface area (Å²) in [6.07, 6.45) is 1.83. The summed E-state index contributed by atoms with van der Waals surface area (Å²) in [5.74, 6) is 0. The van der Waals surface area contributed by atoms with Crippen LogP contribution in [0.4, 0.5) is 0 Å². The van der Waals surface area contributed by atoms with Crippen LogP contribution in [0.5, 0.6) is 0 Å². The molecule has 1 aromatic carbocycles. The lowest BCUT2D eigenvalue weighted by molar-refractivity contribution is 0.425. The first kappa shape index (κ1) is 11.0. The van der Waals surface area contributed by atoms with E-state index >= 15 is 0 Å². The lowest BCUT2D eigenvalue weighted by Gasteiger charge is -2.04. The summed E-state index contributed by atoms with van der Waals surface area (Å²) in [6.45, 7) is 5.82. The predicted molar refractivity (Wildman–Crippen MR) is 59.4 cm³/mol. The van der Waals surface area contributed by atoms with E-state index in [-0.39, 0.29) is 0 Å². The predicted octanol–water partition coefficient (Wildman–Crippen LogP) is 0.875. The van der Waals surface area contributed by atoms with Crippen LogP contribution in [0, 0.1) is 0 Å². The van der Waals surface area contributed by atoms with E-state index < -0.39 is 7.12 Å². The molecule has 1 rings (SSSR count). The van der Waals surface area contributed by atoms with Gasteiger partial charge in [-0.15, -0.1) is 6.58 Å². The number of aryl methyl sites for hydroxylation is 1. The molecular formula is C11H15BO2. The maximum absolute atomic E-state index is 8.96. The second-order valence-electron chi connectivity index (χ2n) is 3.58. The van der Waals surface area contributed by atoms with Gasteiger partial charge in [0.05, 0.1) is 0 Å². The fraction of sp³-hybridized carbons (Fsp3) is 0.273. The molecule has 0 atom stereocenters. The lowest BCUT2D eigenvalue weighted by Crippen LogP contribution is -2.29. The van der Waals surface area contributed by atoms with Crippen LogP contribution in [0.2, 0.25) is 0 Å². The van der Waals surface area contributed by atoms with Gasteiger partial charge in [-0.2, -0.15) is 0 Å². The highest BCUT2D eigenvalue weighted by molar-refractivity contribution is 6.58. The molecule has 0 aliphatic heterocycles. The van der Waals surface area contributed by atoms with Gasteiger partial charge in [-0.25, -0.2) is 0 Å². The van der Waals surface area contributed by atoms with Crippen LogP contribution < -0.4 is 5.46 Å². The van der Waals surface area contributed by atoms with Gasteiger partial charge in [0.25, 0.3) is 0 Å². The van der Waals surface area contributed by atoms with Gasteiger partial charge in [-0.05, 0) is 30.8 Å². The van der Waals surface area contributed by atoms with Gasteiger partial charge < -0.3 is 10.0 Å². The summed E-state index contributed by atoms with van der Waals surface area (Å²) < 4.78 is 0. The largest absolute Gasteiger partial charge is 0.488 e. The molecule has 0 saturated carbocycles. The van der Waals surface area contributed by atoms with Gasteiger partial charge in [-0.1, -0.05) is 29.8 Å². The summed E-state index contributed by atoms with van der Waals surface area (Å²) in [7, 11) is -1.38. The van der Waals surface area contributed by atoms with Gasteiger partial charge in [0, 0.05) is 0 Å². The second kappa shape index (κ2) is 4.98. The fourth-order valence-corrected chi connectivity index (χ4v) is 1.27. The van der Waals surface area contributed by atoms with Gasteiger partial charge >= 0.3 is 7.12 Å². The van der Waals surface area contributed by atoms with Crippen LogP contribution in [-0.4, -0.2) is 17.2 Å². The standard InChI is InChI=1S/C11H15BO2/c1-9(2)6-7-10-4-3-5-11(8-10)12(13)14/h3-5,8,13-14H,1,6-7H2,2H3. The Balaban J connectivity index is 2.68. The first-order valence-corrected chi connectivity index (χ1v) is 4.69. The highest BCUT2D eigenvalue weighted by Gasteiger charge is 2.10. The van der Waals surface area contributed by atoms with E-state index in [1.54, 1.807) is 6.07 Å². The van der Waals surface area contributed by atoms with Gasteiger partial charge in [0.2, 0.25) is 0 Å². The molecule has 0 bridgehead atoms. The zero-order chi connectivity index (χ0) is 10.6. The summed E-state index contributed by atoms with van der Waals surface area (Å²) in [5.41, 5.74) is 2.79. The minimum Gasteiger partial charge on any atom is -0.423 e. The van der Waals surface area contributed by atoms with Crippen molar-refractivity contribution in [3.05, 3.63) is 42.0 Å². The van der Waals surface area contributed by atoms with Gasteiger partial charge in [0.15, 0.2) is 0 Å². The monoisotopic (exact) mass is 190 g/mol. The van der Waals surface area contributed by atoms with Crippen molar-refractivity contribution in [1.82, 2.24) is 0 Å². The average Bonchev–Trinajstić information content (AvgIpc) is 2.15. The second-order valence-corrected chi connectivity index (χ2v) is 3.58. The van der Waals surface area contributed by atoms with Crippen LogP contribution in [0.1, 0.15) is 18.9 Å². The minimum atomic E-state index is -1.38. The maximum atomic E-state index is 8.96. The number of hydrogen-bond donors (Lipinski definition) is 2. The Morgan fingerprint density at radius 1 is 1.43 bits per heavy atom. The molecule has 0 saturated heterocycles. The topological polar surface area (TPSA) is 40.5 Å². The third-order valence-corrected chi connectivity index (χ3v) is 2.09. The van der Waals surface area contributed by atoms with Crippen LogP contribution in [-0.2, 0) is 6.42 Å². The number of allylic oxidation sites excluding steroid dienone is 1. The van der Waals surface area contributed by atoms with E-state index in [1.165, 1.54) is 0 Å². The van der Waals surface area contributed by atoms with Gasteiger partial charge in [-0.3, -0.25) is 0 Å². The molecule has 0 unspecified atom stereocenters. The van der Waals surface area contributed by atoms with Gasteiger partial charge in [0.1, 0.15) is 0 Å². The van der Waals surface area contributed by atoms with Crippen molar-refractivity contribution in [1.29, 1.82) is 0 Å². The quantitative estimate of drug-likeness (QED) is 0.546. The van der Waals surface area contributed by atoms with Crippen molar-refractivity contribution in [3.8, 4) is 0 Å². The molecule has 0 heterocycles. The maximum Gasteiger partial charge on any atom is 0.488 e. The molecule has 0 aliphatic carbocycles. The molecule has 3 heteroatoms. The number of rotatable bonds is 4. The smallest absolute Gasteiger partial charge is 0.423 e. The first-order chi connectivity index (χ1) is 6.59. The molecule has 0 radical (unpaired) electrons. The highest BCUT2D eigenvalue weighted by Crippen LogP contribution is 2.05. The molecule has 2 N–H and O–H groups in total. The van der Waals surface area contributed by atoms with E-state index in [0.29, 0.717) is 5.46 Å². The summed E-state index contributed by atoms with van der Waals surface area (Å²) in [5, 5.41) is 17.9. The summed E-state index contributed by atoms with van der Waals surface area (Å²) >= 11 is 0. The van der Waals surface area contributed by atoms with Crippen LogP contribution in [0.3, 0.4) is 0 Å². The van der Waals surface area contributed by atoms with E-state index in [4.69, 9.17) is 10.0 Å². The third-order valence-electron chi connectivity index (χ3n) is 2.09. The fourth-order valence-electron chi connectivity index (χ4n) is 1.27. The Morgan fingerprint density at radius 2 is 2.14 bits per heavy atom. The highest BCUT2D eigenvalue weighted by atomic mass is 16.4. The number of hydrogen-bond acceptors (Lipinski definition) is 2. The van der Waals surface area contributed by atoms with E-state index in [1.807, 2.05) is 25.1 Å². The molecule has 0 aliphatic rings. The SMILES string of the molecule is C=C(C)CCc1cccc(B(O)O)c1. The molecule has 2 nitrogen and oxygen atoms in total. The Morgan fingerprint density at radius 3 is 2.71 bits per heavy atom. The van der Waals surface area contributed by atoms with Crippen LogP contribution in [0.25, 0.3) is 0 Å². The molecule has 0 spiro atoms. The van der Waals surface area contributed by atoms with Crippen molar-refractivity contribution in [2.24, 2.45) is 0 Å². The van der Waals surface area contributed by atoms with E-state index in [0.717, 1.165) is 24.0 Å². The molecular weight excluding hydrogens is 175 g/mol. The van der Waals surface area contributed by atoms with Crippen molar-refractivity contribution < 1.29 is 10.0 Å². The molecule has 14 heavy (non-hydrogen) atoms. The van der Waals surface area contributed by atoms with Crippen molar-refractivity contribution >= 4 is 12.6 Å². The molecule has 1 aromatic rings. The lowest BCUT2D eigenvalue weighted by atomic mass is 9.79. The molecule has 0 fully saturated rings.